The Balaban J connectivity index is 2.34. The first-order chi connectivity index (χ1) is 8.77. The molecular weight excluding hydrogens is 228 g/mol. The van der Waals surface area contributed by atoms with E-state index in [1.54, 1.807) is 0 Å². The van der Waals surface area contributed by atoms with Gasteiger partial charge in [-0.1, -0.05) is 6.92 Å². The quantitative estimate of drug-likeness (QED) is 0.661. The highest BCUT2D eigenvalue weighted by Gasteiger charge is 2.02. The second kappa shape index (κ2) is 8.69. The average molecular weight is 252 g/mol. The lowest BCUT2D eigenvalue weighted by Crippen LogP contribution is -2.10. The van der Waals surface area contributed by atoms with Crippen molar-refractivity contribution in [1.82, 2.24) is 9.97 Å². The van der Waals surface area contributed by atoms with Crippen LogP contribution in [0.15, 0.2) is 6.20 Å². The molecule has 0 atom stereocenters. The van der Waals surface area contributed by atoms with E-state index in [0.29, 0.717) is 5.95 Å². The Kier molecular flexibility index (Phi) is 7.10. The molecule has 0 saturated carbocycles. The maximum absolute atomic E-state index is 5.43. The van der Waals surface area contributed by atoms with E-state index in [1.807, 2.05) is 20.0 Å². The molecule has 0 spiro atoms. The van der Waals surface area contributed by atoms with Crippen molar-refractivity contribution in [2.24, 2.45) is 0 Å². The van der Waals surface area contributed by atoms with Crippen LogP contribution in [0.5, 0.6) is 0 Å². The fraction of sp³-hybridized carbons (Fsp3) is 0.692. The summed E-state index contributed by atoms with van der Waals surface area (Å²) in [6.45, 7) is 9.49. The number of anilines is 2. The van der Waals surface area contributed by atoms with Crippen LogP contribution in [0.1, 0.15) is 32.3 Å². The summed E-state index contributed by atoms with van der Waals surface area (Å²) in [6, 6.07) is 0. The average Bonchev–Trinajstić information content (AvgIpc) is 2.37. The van der Waals surface area contributed by atoms with Gasteiger partial charge in [0.2, 0.25) is 5.95 Å². The molecule has 0 aromatic carbocycles. The Bertz CT molecular complexity index is 344. The normalized spacial score (nSPS) is 10.4. The van der Waals surface area contributed by atoms with Crippen molar-refractivity contribution in [3.63, 3.8) is 0 Å². The monoisotopic (exact) mass is 252 g/mol. The molecule has 0 aliphatic heterocycles. The highest BCUT2D eigenvalue weighted by atomic mass is 16.5. The molecule has 1 aromatic heterocycles. The Morgan fingerprint density at radius 2 is 2.06 bits per heavy atom. The molecule has 1 rings (SSSR count). The van der Waals surface area contributed by atoms with Crippen molar-refractivity contribution in [1.29, 1.82) is 0 Å². The Morgan fingerprint density at radius 3 is 2.78 bits per heavy atom. The Labute approximate surface area is 109 Å². The van der Waals surface area contributed by atoms with Crippen molar-refractivity contribution < 1.29 is 4.74 Å². The van der Waals surface area contributed by atoms with Gasteiger partial charge in [0.25, 0.3) is 0 Å². The summed E-state index contributed by atoms with van der Waals surface area (Å²) in [5, 5.41) is 6.42. The van der Waals surface area contributed by atoms with Crippen LogP contribution in [0.4, 0.5) is 11.8 Å². The Morgan fingerprint density at radius 1 is 1.22 bits per heavy atom. The van der Waals surface area contributed by atoms with Crippen molar-refractivity contribution in [2.75, 3.05) is 36.9 Å². The number of aromatic nitrogens is 2. The summed E-state index contributed by atoms with van der Waals surface area (Å²) in [5.74, 6) is 1.57. The van der Waals surface area contributed by atoms with Crippen LogP contribution in [-0.2, 0) is 4.74 Å². The van der Waals surface area contributed by atoms with Crippen molar-refractivity contribution >= 4 is 11.8 Å². The zero-order valence-electron chi connectivity index (χ0n) is 11.6. The molecule has 0 bridgehead atoms. The third kappa shape index (κ3) is 5.31. The zero-order chi connectivity index (χ0) is 13.2. The van der Waals surface area contributed by atoms with Crippen LogP contribution < -0.4 is 10.6 Å². The van der Waals surface area contributed by atoms with Gasteiger partial charge in [-0.25, -0.2) is 4.98 Å². The van der Waals surface area contributed by atoms with Gasteiger partial charge in [0.15, 0.2) is 0 Å². The van der Waals surface area contributed by atoms with Gasteiger partial charge in [0, 0.05) is 38.1 Å². The van der Waals surface area contributed by atoms with Crippen molar-refractivity contribution in [2.45, 2.75) is 33.6 Å². The fourth-order valence-corrected chi connectivity index (χ4v) is 1.49. The number of rotatable bonds is 9. The highest BCUT2D eigenvalue weighted by molar-refractivity contribution is 5.46. The van der Waals surface area contributed by atoms with Gasteiger partial charge >= 0.3 is 0 Å². The first-order valence-electron chi connectivity index (χ1n) is 6.67. The van der Waals surface area contributed by atoms with Gasteiger partial charge in [-0.3, -0.25) is 0 Å². The molecule has 5 heteroatoms. The molecule has 0 unspecified atom stereocenters. The maximum atomic E-state index is 5.43. The van der Waals surface area contributed by atoms with Crippen LogP contribution in [0, 0.1) is 6.92 Å². The number of nitrogens with one attached hydrogen (secondary N) is 2. The molecule has 0 amide bonds. The number of aryl methyl sites for hydroxylation is 1. The summed E-state index contributed by atoms with van der Waals surface area (Å²) in [4.78, 5) is 8.63. The van der Waals surface area contributed by atoms with Crippen molar-refractivity contribution in [3.8, 4) is 0 Å². The van der Waals surface area contributed by atoms with Gasteiger partial charge in [-0.2, -0.15) is 4.98 Å². The molecule has 102 valence electrons. The van der Waals surface area contributed by atoms with Gasteiger partial charge in [0.05, 0.1) is 0 Å². The van der Waals surface area contributed by atoms with Crippen molar-refractivity contribution in [3.05, 3.63) is 11.8 Å². The van der Waals surface area contributed by atoms with Gasteiger partial charge < -0.3 is 15.4 Å². The lowest BCUT2D eigenvalue weighted by molar-refractivity contribution is 0.134. The molecule has 0 radical (unpaired) electrons. The van der Waals surface area contributed by atoms with E-state index in [2.05, 4.69) is 27.5 Å². The molecule has 1 aromatic rings. The molecular formula is C13H24N4O. The first-order valence-corrected chi connectivity index (χ1v) is 6.67. The number of hydrogen-bond acceptors (Lipinski definition) is 5. The summed E-state index contributed by atoms with van der Waals surface area (Å²) >= 11 is 0. The molecule has 0 aliphatic rings. The summed E-state index contributed by atoms with van der Waals surface area (Å²) in [5.41, 5.74) is 1.06. The number of hydrogen-bond donors (Lipinski definition) is 2. The van der Waals surface area contributed by atoms with E-state index in [-0.39, 0.29) is 0 Å². The first kappa shape index (κ1) is 14.7. The molecule has 18 heavy (non-hydrogen) atoms. The van der Waals surface area contributed by atoms with Crippen LogP contribution in [0.2, 0.25) is 0 Å². The molecule has 0 aliphatic carbocycles. The summed E-state index contributed by atoms with van der Waals surface area (Å²) < 4.78 is 5.43. The lowest BCUT2D eigenvalue weighted by Gasteiger charge is -2.10. The minimum absolute atomic E-state index is 0.674. The molecule has 0 fully saturated rings. The van der Waals surface area contributed by atoms with E-state index in [4.69, 9.17) is 4.74 Å². The predicted molar refractivity (Wildman–Crippen MR) is 75.1 cm³/mol. The molecule has 2 N–H and O–H groups in total. The number of ether oxygens (including phenoxy) is 1. The molecule has 0 saturated heterocycles. The van der Waals surface area contributed by atoms with E-state index < -0.39 is 0 Å². The van der Waals surface area contributed by atoms with Crippen LogP contribution >= 0.6 is 0 Å². The minimum atomic E-state index is 0.674. The highest BCUT2D eigenvalue weighted by Crippen LogP contribution is 2.12. The second-order valence-electron chi connectivity index (χ2n) is 4.15. The van der Waals surface area contributed by atoms with Gasteiger partial charge in [-0.05, 0) is 26.7 Å². The topological polar surface area (TPSA) is 59.1 Å². The Hall–Kier alpha value is -1.36. The third-order valence-corrected chi connectivity index (χ3v) is 2.41. The molecule has 5 nitrogen and oxygen atoms in total. The van der Waals surface area contributed by atoms with Crippen LogP contribution in [0.3, 0.4) is 0 Å². The van der Waals surface area contributed by atoms with Gasteiger partial charge in [0.1, 0.15) is 5.82 Å². The minimum Gasteiger partial charge on any atom is -0.381 e. The van der Waals surface area contributed by atoms with E-state index >= 15 is 0 Å². The summed E-state index contributed by atoms with van der Waals surface area (Å²) in [7, 11) is 0. The smallest absolute Gasteiger partial charge is 0.224 e. The summed E-state index contributed by atoms with van der Waals surface area (Å²) in [6.07, 6.45) is 3.89. The largest absolute Gasteiger partial charge is 0.381 e. The zero-order valence-corrected chi connectivity index (χ0v) is 11.6. The molecule has 1 heterocycles. The van der Waals surface area contributed by atoms with E-state index in [1.165, 1.54) is 0 Å². The maximum Gasteiger partial charge on any atom is 0.224 e. The second-order valence-corrected chi connectivity index (χ2v) is 4.15. The standard InChI is InChI=1S/C13H24N4O/c1-4-8-18-9-6-7-15-12-11(3)10-16-13(17-12)14-5-2/h10H,4-9H2,1-3H3,(H2,14,15,16,17). The van der Waals surface area contributed by atoms with Gasteiger partial charge in [-0.15, -0.1) is 0 Å². The van der Waals surface area contributed by atoms with E-state index in [0.717, 1.165) is 50.5 Å². The lowest BCUT2D eigenvalue weighted by atomic mass is 10.3. The third-order valence-electron chi connectivity index (χ3n) is 2.41. The van der Waals surface area contributed by atoms with Crippen LogP contribution in [-0.4, -0.2) is 36.3 Å². The SMILES string of the molecule is CCCOCCCNc1nc(NCC)ncc1C. The van der Waals surface area contributed by atoms with Crippen LogP contribution in [0.25, 0.3) is 0 Å². The predicted octanol–water partition coefficient (Wildman–Crippen LogP) is 2.45. The fourth-order valence-electron chi connectivity index (χ4n) is 1.49. The number of nitrogens with zero attached hydrogens (tertiary/aromatic N) is 2. The van der Waals surface area contributed by atoms with E-state index in [9.17, 15) is 0 Å².